The van der Waals surface area contributed by atoms with Crippen molar-refractivity contribution < 1.29 is 4.79 Å². The molecule has 1 amide bonds. The van der Waals surface area contributed by atoms with Gasteiger partial charge in [-0.25, -0.2) is 0 Å². The van der Waals surface area contributed by atoms with Crippen LogP contribution in [-0.4, -0.2) is 18.5 Å². The Kier molecular flexibility index (Phi) is 5.43. The summed E-state index contributed by atoms with van der Waals surface area (Å²) in [5.41, 5.74) is 7.94. The normalized spacial score (nSPS) is 11.9. The topological polar surface area (TPSA) is 55.1 Å². The van der Waals surface area contributed by atoms with Gasteiger partial charge in [-0.1, -0.05) is 42.5 Å². The zero-order chi connectivity index (χ0) is 12.7. The highest BCUT2D eigenvalue weighted by Gasteiger charge is 2.12. The molecule has 3 N–H and O–H groups in total. The molecule has 3 heteroatoms. The van der Waals surface area contributed by atoms with Crippen molar-refractivity contribution in [3.8, 4) is 0 Å². The van der Waals surface area contributed by atoms with Crippen molar-refractivity contribution in [1.29, 1.82) is 0 Å². The first-order valence-corrected chi connectivity index (χ1v) is 5.81. The lowest BCUT2D eigenvalue weighted by Gasteiger charge is -2.12. The van der Waals surface area contributed by atoms with Crippen molar-refractivity contribution in [2.24, 2.45) is 5.73 Å². The Morgan fingerprint density at radius 2 is 2.06 bits per heavy atom. The van der Waals surface area contributed by atoms with E-state index < -0.39 is 6.04 Å². The molecule has 0 heterocycles. The molecule has 1 aromatic rings. The molecule has 0 saturated heterocycles. The van der Waals surface area contributed by atoms with Crippen LogP contribution in [0.15, 0.2) is 42.5 Å². The maximum Gasteiger partial charge on any atom is 0.237 e. The third-order valence-corrected chi connectivity index (χ3v) is 2.49. The average Bonchev–Trinajstić information content (AvgIpc) is 2.34. The molecule has 0 bridgehead atoms. The molecule has 0 fully saturated rings. The van der Waals surface area contributed by atoms with Crippen LogP contribution in [0.4, 0.5) is 0 Å². The fourth-order valence-corrected chi connectivity index (χ4v) is 1.47. The van der Waals surface area contributed by atoms with Crippen LogP contribution in [0.1, 0.15) is 18.9 Å². The number of carbonyl (C=O) groups is 1. The highest BCUT2D eigenvalue weighted by Crippen LogP contribution is 2.04. The largest absolute Gasteiger partial charge is 0.351 e. The molecule has 3 nitrogen and oxygen atoms in total. The predicted octanol–water partition coefficient (Wildman–Crippen LogP) is 1.64. The SMILES string of the molecule is C=C(C)CNC(=O)[C@@H](N)CCc1ccccc1. The monoisotopic (exact) mass is 232 g/mol. The van der Waals surface area contributed by atoms with E-state index >= 15 is 0 Å². The Bertz CT molecular complexity index is 373. The second-order valence-electron chi connectivity index (χ2n) is 4.31. The highest BCUT2D eigenvalue weighted by atomic mass is 16.2. The third kappa shape index (κ3) is 5.31. The summed E-state index contributed by atoms with van der Waals surface area (Å²) in [6.45, 7) is 6.09. The number of carbonyl (C=O) groups excluding carboxylic acids is 1. The van der Waals surface area contributed by atoms with Crippen molar-refractivity contribution in [3.63, 3.8) is 0 Å². The third-order valence-electron chi connectivity index (χ3n) is 2.49. The molecule has 0 unspecified atom stereocenters. The number of hydrogen-bond acceptors (Lipinski definition) is 2. The Balaban J connectivity index is 2.31. The molecule has 0 spiro atoms. The minimum atomic E-state index is -0.449. The molecule has 0 saturated carbocycles. The number of amides is 1. The van der Waals surface area contributed by atoms with Crippen molar-refractivity contribution >= 4 is 5.91 Å². The first-order chi connectivity index (χ1) is 8.09. The summed E-state index contributed by atoms with van der Waals surface area (Å²) in [5.74, 6) is -0.107. The van der Waals surface area contributed by atoms with Crippen molar-refractivity contribution in [2.75, 3.05) is 6.54 Å². The van der Waals surface area contributed by atoms with Gasteiger partial charge in [0.05, 0.1) is 6.04 Å². The summed E-state index contributed by atoms with van der Waals surface area (Å²) in [6.07, 6.45) is 1.48. The molecule has 0 aromatic heterocycles. The molecular weight excluding hydrogens is 212 g/mol. The zero-order valence-corrected chi connectivity index (χ0v) is 10.3. The Hall–Kier alpha value is -1.61. The summed E-state index contributed by atoms with van der Waals surface area (Å²) >= 11 is 0. The molecule has 1 aromatic carbocycles. The number of nitrogens with two attached hydrogens (primary N) is 1. The summed E-state index contributed by atoms with van der Waals surface area (Å²) in [7, 11) is 0. The quantitative estimate of drug-likeness (QED) is 0.733. The second kappa shape index (κ2) is 6.86. The van der Waals surface area contributed by atoms with Crippen molar-refractivity contribution in [2.45, 2.75) is 25.8 Å². The molecule has 92 valence electrons. The number of nitrogens with one attached hydrogen (secondary N) is 1. The number of aryl methyl sites for hydroxylation is 1. The number of hydrogen-bond donors (Lipinski definition) is 2. The van der Waals surface area contributed by atoms with E-state index in [2.05, 4.69) is 11.9 Å². The number of rotatable bonds is 6. The summed E-state index contributed by atoms with van der Waals surface area (Å²) in [4.78, 5) is 11.6. The molecule has 17 heavy (non-hydrogen) atoms. The maximum absolute atomic E-state index is 11.6. The smallest absolute Gasteiger partial charge is 0.237 e. The van der Waals surface area contributed by atoms with E-state index in [1.54, 1.807) is 0 Å². The van der Waals surface area contributed by atoms with Crippen molar-refractivity contribution in [1.82, 2.24) is 5.32 Å². The maximum atomic E-state index is 11.6. The van der Waals surface area contributed by atoms with E-state index in [-0.39, 0.29) is 5.91 Å². The molecule has 1 rings (SSSR count). The van der Waals surface area contributed by atoms with Crippen LogP contribution in [0.2, 0.25) is 0 Å². The van der Waals surface area contributed by atoms with E-state index in [9.17, 15) is 4.79 Å². The van der Waals surface area contributed by atoms with Crippen LogP contribution in [-0.2, 0) is 11.2 Å². The fraction of sp³-hybridized carbons (Fsp3) is 0.357. The standard InChI is InChI=1S/C14H20N2O/c1-11(2)10-16-14(17)13(15)9-8-12-6-4-3-5-7-12/h3-7,13H,1,8-10,15H2,2H3,(H,16,17)/t13-/m0/s1. The van der Waals surface area contributed by atoms with Crippen LogP contribution in [0.25, 0.3) is 0 Å². The fourth-order valence-electron chi connectivity index (χ4n) is 1.47. The minimum Gasteiger partial charge on any atom is -0.351 e. The first-order valence-electron chi connectivity index (χ1n) is 5.81. The molecule has 0 aliphatic rings. The van der Waals surface area contributed by atoms with Gasteiger partial charge in [0.2, 0.25) is 5.91 Å². The lowest BCUT2D eigenvalue weighted by atomic mass is 10.1. The van der Waals surface area contributed by atoms with E-state index in [4.69, 9.17) is 5.73 Å². The van der Waals surface area contributed by atoms with Crippen LogP contribution in [0, 0.1) is 0 Å². The van der Waals surface area contributed by atoms with Gasteiger partial charge in [-0.3, -0.25) is 4.79 Å². The van der Waals surface area contributed by atoms with Gasteiger partial charge in [0, 0.05) is 6.54 Å². The van der Waals surface area contributed by atoms with Gasteiger partial charge in [-0.2, -0.15) is 0 Å². The average molecular weight is 232 g/mol. The van der Waals surface area contributed by atoms with Gasteiger partial charge >= 0.3 is 0 Å². The summed E-state index contributed by atoms with van der Waals surface area (Å²) in [5, 5.41) is 2.75. The van der Waals surface area contributed by atoms with Gasteiger partial charge in [-0.15, -0.1) is 0 Å². The Labute approximate surface area is 103 Å². The molecule has 0 aliphatic carbocycles. The van der Waals surface area contributed by atoms with E-state index in [0.29, 0.717) is 13.0 Å². The molecular formula is C14H20N2O. The Morgan fingerprint density at radius 1 is 1.41 bits per heavy atom. The Morgan fingerprint density at radius 3 is 2.65 bits per heavy atom. The van der Waals surface area contributed by atoms with Crippen LogP contribution in [0.5, 0.6) is 0 Å². The molecule has 1 atom stereocenters. The van der Waals surface area contributed by atoms with E-state index in [1.165, 1.54) is 5.56 Å². The van der Waals surface area contributed by atoms with Gasteiger partial charge < -0.3 is 11.1 Å². The van der Waals surface area contributed by atoms with Crippen molar-refractivity contribution in [3.05, 3.63) is 48.0 Å². The predicted molar refractivity (Wildman–Crippen MR) is 70.6 cm³/mol. The zero-order valence-electron chi connectivity index (χ0n) is 10.3. The van der Waals surface area contributed by atoms with Gasteiger partial charge in [0.15, 0.2) is 0 Å². The van der Waals surface area contributed by atoms with Crippen LogP contribution in [0.3, 0.4) is 0 Å². The highest BCUT2D eigenvalue weighted by molar-refractivity contribution is 5.81. The summed E-state index contributed by atoms with van der Waals surface area (Å²) in [6, 6.07) is 9.58. The molecule has 0 radical (unpaired) electrons. The lowest BCUT2D eigenvalue weighted by Crippen LogP contribution is -2.41. The second-order valence-corrected chi connectivity index (χ2v) is 4.31. The van der Waals surface area contributed by atoms with Gasteiger partial charge in [-0.05, 0) is 25.3 Å². The van der Waals surface area contributed by atoms with E-state index in [1.807, 2.05) is 37.3 Å². The lowest BCUT2D eigenvalue weighted by molar-refractivity contribution is -0.122. The van der Waals surface area contributed by atoms with E-state index in [0.717, 1.165) is 12.0 Å². The van der Waals surface area contributed by atoms with Crippen LogP contribution < -0.4 is 11.1 Å². The van der Waals surface area contributed by atoms with Gasteiger partial charge in [0.25, 0.3) is 0 Å². The first kappa shape index (κ1) is 13.5. The minimum absolute atomic E-state index is 0.107. The summed E-state index contributed by atoms with van der Waals surface area (Å²) < 4.78 is 0. The molecule has 0 aliphatic heterocycles. The number of benzene rings is 1. The van der Waals surface area contributed by atoms with Crippen LogP contribution >= 0.6 is 0 Å². The van der Waals surface area contributed by atoms with Gasteiger partial charge in [0.1, 0.15) is 0 Å².